The minimum absolute atomic E-state index is 0.0744. The molecule has 0 radical (unpaired) electrons. The van der Waals surface area contributed by atoms with Crippen molar-refractivity contribution in [2.75, 3.05) is 7.11 Å². The first kappa shape index (κ1) is 21.6. The number of benzene rings is 3. The van der Waals surface area contributed by atoms with Crippen molar-refractivity contribution in [2.45, 2.75) is 6.61 Å². The second kappa shape index (κ2) is 10.1. The Morgan fingerprint density at radius 3 is 2.26 bits per heavy atom. The van der Waals surface area contributed by atoms with Crippen LogP contribution in [0.4, 0.5) is 4.39 Å². The number of carboxylic acid groups (broad SMARTS) is 1. The number of halogens is 1. The normalized spacial score (nSPS) is 11.0. The average molecular weight is 421 g/mol. The van der Waals surface area contributed by atoms with E-state index in [-0.39, 0.29) is 29.2 Å². The molecule has 0 atom stereocenters. The fourth-order valence-corrected chi connectivity index (χ4v) is 2.76. The van der Waals surface area contributed by atoms with Gasteiger partial charge in [0.15, 0.2) is 11.5 Å². The van der Waals surface area contributed by atoms with Gasteiger partial charge in [-0.15, -0.1) is 0 Å². The molecule has 0 aliphatic heterocycles. The molecule has 3 aromatic carbocycles. The van der Waals surface area contributed by atoms with Crippen molar-refractivity contribution < 1.29 is 28.6 Å². The molecule has 3 aromatic rings. The molecule has 6 nitrogen and oxygen atoms in total. The lowest BCUT2D eigenvalue weighted by Crippen LogP contribution is -2.27. The first-order valence-electron chi connectivity index (χ1n) is 9.33. The maximum atomic E-state index is 14.7. The molecule has 0 aliphatic carbocycles. The summed E-state index contributed by atoms with van der Waals surface area (Å²) in [6.07, 6.45) is 1.03. The largest absolute Gasteiger partial charge is 0.493 e. The number of carbonyl (C=O) groups is 2. The Labute approximate surface area is 178 Å². The summed E-state index contributed by atoms with van der Waals surface area (Å²) in [5.74, 6) is -2.36. The first-order valence-corrected chi connectivity index (χ1v) is 9.33. The van der Waals surface area contributed by atoms with E-state index in [0.29, 0.717) is 0 Å². The van der Waals surface area contributed by atoms with Crippen molar-refractivity contribution in [3.05, 3.63) is 101 Å². The standard InChI is InChI=1S/C24H20FNO5/c1-30-21-13-18(19(25)14-22(21)31-15-16-8-4-2-5-9-16)12-20(24(28)29)26-23(27)17-10-6-3-7-11-17/h2-14H,15H2,1H3,(H,26,27)(H,28,29)/b20-12+. The molecule has 158 valence electrons. The Morgan fingerprint density at radius 1 is 1.00 bits per heavy atom. The maximum absolute atomic E-state index is 14.7. The summed E-state index contributed by atoms with van der Waals surface area (Å²) < 4.78 is 25.6. The van der Waals surface area contributed by atoms with E-state index in [4.69, 9.17) is 9.47 Å². The summed E-state index contributed by atoms with van der Waals surface area (Å²) in [5.41, 5.74) is 0.616. The molecule has 0 heterocycles. The molecule has 3 rings (SSSR count). The third kappa shape index (κ3) is 5.70. The SMILES string of the molecule is COc1cc(/C=C(/NC(=O)c2ccccc2)C(=O)O)c(F)cc1OCc1ccccc1. The molecular weight excluding hydrogens is 401 g/mol. The van der Waals surface area contributed by atoms with E-state index in [2.05, 4.69) is 5.32 Å². The van der Waals surface area contributed by atoms with Gasteiger partial charge in [0.2, 0.25) is 0 Å². The number of amides is 1. The topological polar surface area (TPSA) is 84.9 Å². The molecule has 0 aliphatic rings. The highest BCUT2D eigenvalue weighted by atomic mass is 19.1. The summed E-state index contributed by atoms with van der Waals surface area (Å²) >= 11 is 0. The molecule has 0 fully saturated rings. The molecule has 0 saturated heterocycles. The van der Waals surface area contributed by atoms with Gasteiger partial charge in [-0.2, -0.15) is 0 Å². The minimum Gasteiger partial charge on any atom is -0.493 e. The third-order valence-electron chi connectivity index (χ3n) is 4.33. The Bertz CT molecular complexity index is 1100. The summed E-state index contributed by atoms with van der Waals surface area (Å²) in [6, 6.07) is 19.9. The quantitative estimate of drug-likeness (QED) is 0.531. The van der Waals surface area contributed by atoms with Gasteiger partial charge in [-0.3, -0.25) is 4.79 Å². The lowest BCUT2D eigenvalue weighted by molar-refractivity contribution is -0.132. The molecule has 0 aromatic heterocycles. The second-order valence-electron chi connectivity index (χ2n) is 6.48. The zero-order chi connectivity index (χ0) is 22.2. The van der Waals surface area contributed by atoms with Gasteiger partial charge in [0.25, 0.3) is 5.91 Å². The Morgan fingerprint density at radius 2 is 1.65 bits per heavy atom. The van der Waals surface area contributed by atoms with Crippen molar-refractivity contribution in [3.63, 3.8) is 0 Å². The summed E-state index contributed by atoms with van der Waals surface area (Å²) in [6.45, 7) is 0.208. The van der Waals surface area contributed by atoms with Crippen LogP contribution in [0.15, 0.2) is 78.5 Å². The Kier molecular flexibility index (Phi) is 7.01. The molecule has 1 amide bonds. The molecule has 7 heteroatoms. The van der Waals surface area contributed by atoms with Crippen LogP contribution in [-0.4, -0.2) is 24.1 Å². The van der Waals surface area contributed by atoms with Gasteiger partial charge in [-0.05, 0) is 29.8 Å². The third-order valence-corrected chi connectivity index (χ3v) is 4.33. The predicted molar refractivity (Wildman–Crippen MR) is 113 cm³/mol. The molecular formula is C24H20FNO5. The van der Waals surface area contributed by atoms with Crippen molar-refractivity contribution in [1.29, 1.82) is 0 Å². The zero-order valence-electron chi connectivity index (χ0n) is 16.7. The summed E-state index contributed by atoms with van der Waals surface area (Å²) in [4.78, 5) is 23.9. The number of hydrogen-bond donors (Lipinski definition) is 2. The van der Waals surface area contributed by atoms with E-state index >= 15 is 0 Å². The molecule has 0 bridgehead atoms. The minimum atomic E-state index is -1.41. The van der Waals surface area contributed by atoms with Crippen LogP contribution in [0.1, 0.15) is 21.5 Å². The van der Waals surface area contributed by atoms with E-state index in [9.17, 15) is 19.1 Å². The highest BCUT2D eigenvalue weighted by molar-refractivity contribution is 6.02. The van der Waals surface area contributed by atoms with E-state index in [1.807, 2.05) is 30.3 Å². The fraction of sp³-hybridized carbons (Fsp3) is 0.0833. The van der Waals surface area contributed by atoms with Crippen LogP contribution in [0.5, 0.6) is 11.5 Å². The van der Waals surface area contributed by atoms with Gasteiger partial charge in [0.1, 0.15) is 18.1 Å². The van der Waals surface area contributed by atoms with E-state index in [1.165, 1.54) is 25.3 Å². The number of rotatable bonds is 8. The first-order chi connectivity index (χ1) is 15.0. The van der Waals surface area contributed by atoms with Gasteiger partial charge in [-0.25, -0.2) is 9.18 Å². The van der Waals surface area contributed by atoms with Crippen molar-refractivity contribution in [3.8, 4) is 11.5 Å². The highest BCUT2D eigenvalue weighted by Crippen LogP contribution is 2.31. The second-order valence-corrected chi connectivity index (χ2v) is 6.48. The molecule has 0 unspecified atom stereocenters. The van der Waals surface area contributed by atoms with Crippen LogP contribution in [0, 0.1) is 5.82 Å². The maximum Gasteiger partial charge on any atom is 0.352 e. The lowest BCUT2D eigenvalue weighted by Gasteiger charge is -2.13. The van der Waals surface area contributed by atoms with Gasteiger partial charge in [0.05, 0.1) is 7.11 Å². The Hall–Kier alpha value is -4.13. The van der Waals surface area contributed by atoms with Gasteiger partial charge in [-0.1, -0.05) is 48.5 Å². The van der Waals surface area contributed by atoms with Crippen LogP contribution in [0.2, 0.25) is 0 Å². The van der Waals surface area contributed by atoms with Crippen LogP contribution >= 0.6 is 0 Å². The van der Waals surface area contributed by atoms with E-state index in [0.717, 1.165) is 17.7 Å². The predicted octanol–water partition coefficient (Wildman–Crippen LogP) is 4.27. The van der Waals surface area contributed by atoms with Gasteiger partial charge < -0.3 is 19.9 Å². The molecule has 0 spiro atoms. The number of nitrogens with one attached hydrogen (secondary N) is 1. The molecule has 0 saturated carbocycles. The molecule has 2 N–H and O–H groups in total. The molecule has 31 heavy (non-hydrogen) atoms. The number of methoxy groups -OCH3 is 1. The summed E-state index contributed by atoms with van der Waals surface area (Å²) in [5, 5.41) is 11.7. The van der Waals surface area contributed by atoms with Crippen LogP contribution < -0.4 is 14.8 Å². The van der Waals surface area contributed by atoms with Crippen molar-refractivity contribution in [2.24, 2.45) is 0 Å². The van der Waals surface area contributed by atoms with Crippen LogP contribution in [0.25, 0.3) is 6.08 Å². The van der Waals surface area contributed by atoms with Crippen molar-refractivity contribution >= 4 is 18.0 Å². The van der Waals surface area contributed by atoms with Crippen LogP contribution in [-0.2, 0) is 11.4 Å². The van der Waals surface area contributed by atoms with E-state index in [1.54, 1.807) is 18.2 Å². The number of carbonyl (C=O) groups excluding carboxylic acids is 1. The van der Waals surface area contributed by atoms with Crippen molar-refractivity contribution in [1.82, 2.24) is 5.32 Å². The van der Waals surface area contributed by atoms with E-state index < -0.39 is 23.4 Å². The smallest absolute Gasteiger partial charge is 0.352 e. The highest BCUT2D eigenvalue weighted by Gasteiger charge is 2.16. The van der Waals surface area contributed by atoms with Crippen LogP contribution in [0.3, 0.4) is 0 Å². The number of carboxylic acids is 1. The number of ether oxygens (including phenoxy) is 2. The van der Waals surface area contributed by atoms with Gasteiger partial charge >= 0.3 is 5.97 Å². The number of hydrogen-bond acceptors (Lipinski definition) is 4. The monoisotopic (exact) mass is 421 g/mol. The summed E-state index contributed by atoms with van der Waals surface area (Å²) in [7, 11) is 1.39. The lowest BCUT2D eigenvalue weighted by atomic mass is 10.1. The van der Waals surface area contributed by atoms with Gasteiger partial charge in [0, 0.05) is 17.2 Å². The fourth-order valence-electron chi connectivity index (χ4n) is 2.76. The number of aliphatic carboxylic acids is 1. The average Bonchev–Trinajstić information content (AvgIpc) is 2.79. The zero-order valence-corrected chi connectivity index (χ0v) is 16.7. The Balaban J connectivity index is 1.85.